The Kier molecular flexibility index (Phi) is 8.86. The number of hydrogen-bond donors (Lipinski definition) is 1. The molecule has 1 aromatic carbocycles. The lowest BCUT2D eigenvalue weighted by Gasteiger charge is -2.33. The van der Waals surface area contributed by atoms with Crippen LogP contribution in [0.3, 0.4) is 0 Å². The van der Waals surface area contributed by atoms with Crippen molar-refractivity contribution in [2.75, 3.05) is 32.9 Å². The molecule has 1 aliphatic heterocycles. The van der Waals surface area contributed by atoms with Gasteiger partial charge in [0.25, 0.3) is 0 Å². The van der Waals surface area contributed by atoms with E-state index in [4.69, 9.17) is 11.6 Å². The fourth-order valence-corrected chi connectivity index (χ4v) is 2.36. The van der Waals surface area contributed by atoms with Crippen molar-refractivity contribution in [3.63, 3.8) is 0 Å². The molecule has 1 atom stereocenters. The second kappa shape index (κ2) is 8.95. The Labute approximate surface area is 133 Å². The molecule has 8 heteroatoms. The van der Waals surface area contributed by atoms with Crippen LogP contribution >= 0.6 is 36.4 Å². The van der Waals surface area contributed by atoms with Crippen molar-refractivity contribution in [2.45, 2.75) is 6.04 Å². The van der Waals surface area contributed by atoms with Gasteiger partial charge in [0.2, 0.25) is 0 Å². The zero-order valence-corrected chi connectivity index (χ0v) is 12.9. The maximum Gasteiger partial charge on any atom is 0.149 e. The smallest absolute Gasteiger partial charge is 0.149 e. The highest BCUT2D eigenvalue weighted by Crippen LogP contribution is 2.30. The molecule has 1 fully saturated rings. The van der Waals surface area contributed by atoms with Gasteiger partial charge in [-0.15, -0.1) is 24.8 Å². The summed E-state index contributed by atoms with van der Waals surface area (Å²) in [6, 6.07) is 1.31. The number of hydrogen-bond acceptors (Lipinski definition) is 2. The van der Waals surface area contributed by atoms with Crippen LogP contribution in [0.1, 0.15) is 11.6 Å². The van der Waals surface area contributed by atoms with E-state index >= 15 is 0 Å². The van der Waals surface area contributed by atoms with E-state index in [1.807, 2.05) is 0 Å². The van der Waals surface area contributed by atoms with Crippen molar-refractivity contribution >= 4 is 36.4 Å². The van der Waals surface area contributed by atoms with Crippen LogP contribution < -0.4 is 5.32 Å². The Morgan fingerprint density at radius 1 is 1.20 bits per heavy atom. The number of benzene rings is 1. The summed E-state index contributed by atoms with van der Waals surface area (Å²) in [5.74, 6) is -1.61. The third-order valence-electron chi connectivity index (χ3n) is 3.15. The molecule has 0 aromatic heterocycles. The fraction of sp³-hybridized carbons (Fsp3) is 0.500. The molecule has 20 heavy (non-hydrogen) atoms. The summed E-state index contributed by atoms with van der Waals surface area (Å²) in [5.41, 5.74) is -0.271. The molecule has 0 amide bonds. The van der Waals surface area contributed by atoms with E-state index in [0.717, 1.165) is 12.1 Å². The van der Waals surface area contributed by atoms with Gasteiger partial charge in [0, 0.05) is 31.7 Å². The molecule has 116 valence electrons. The lowest BCUT2D eigenvalue weighted by Crippen LogP contribution is -2.46. The first-order valence-electron chi connectivity index (χ1n) is 5.79. The molecule has 1 N–H and O–H groups in total. The average molecular weight is 352 g/mol. The second-order valence-electron chi connectivity index (χ2n) is 4.21. The molecule has 0 bridgehead atoms. The number of alkyl halides is 1. The van der Waals surface area contributed by atoms with Crippen LogP contribution in [-0.4, -0.2) is 37.8 Å². The number of rotatable bonds is 3. The maximum absolute atomic E-state index is 13.9. The molecule has 1 saturated heterocycles. The summed E-state index contributed by atoms with van der Waals surface area (Å²) >= 11 is 5.63. The SMILES string of the molecule is Cl.Cl.FC[C@@H](c1c(F)ccc(Cl)c1F)N1CCNCC1. The van der Waals surface area contributed by atoms with Gasteiger partial charge in [-0.2, -0.15) is 0 Å². The van der Waals surface area contributed by atoms with E-state index in [1.165, 1.54) is 0 Å². The molecule has 0 unspecified atom stereocenters. The monoisotopic (exact) mass is 350 g/mol. The summed E-state index contributed by atoms with van der Waals surface area (Å²) in [5, 5.41) is 2.93. The first-order valence-corrected chi connectivity index (χ1v) is 6.17. The van der Waals surface area contributed by atoms with Crippen LogP contribution in [0.25, 0.3) is 0 Å². The number of piperazine rings is 1. The molecule has 1 aliphatic rings. The lowest BCUT2D eigenvalue weighted by molar-refractivity contribution is 0.141. The van der Waals surface area contributed by atoms with Crippen LogP contribution in [0.5, 0.6) is 0 Å². The minimum Gasteiger partial charge on any atom is -0.314 e. The minimum atomic E-state index is -0.911. The van der Waals surface area contributed by atoms with Gasteiger partial charge in [0.1, 0.15) is 18.3 Å². The van der Waals surface area contributed by atoms with Gasteiger partial charge in [-0.25, -0.2) is 13.2 Å². The summed E-state index contributed by atoms with van der Waals surface area (Å²) in [7, 11) is 0. The summed E-state index contributed by atoms with van der Waals surface area (Å²) < 4.78 is 40.8. The van der Waals surface area contributed by atoms with E-state index in [0.29, 0.717) is 26.2 Å². The van der Waals surface area contributed by atoms with Crippen molar-refractivity contribution in [1.29, 1.82) is 0 Å². The van der Waals surface area contributed by atoms with Gasteiger partial charge in [0.05, 0.1) is 11.1 Å². The van der Waals surface area contributed by atoms with Crippen molar-refractivity contribution in [1.82, 2.24) is 10.2 Å². The van der Waals surface area contributed by atoms with Gasteiger partial charge in [0.15, 0.2) is 0 Å². The first-order chi connectivity index (χ1) is 8.65. The maximum atomic E-state index is 13.9. The molecule has 0 radical (unpaired) electrons. The van der Waals surface area contributed by atoms with Crippen molar-refractivity contribution < 1.29 is 13.2 Å². The summed E-state index contributed by atoms with van der Waals surface area (Å²) in [6.07, 6.45) is 0. The number of nitrogens with zero attached hydrogens (tertiary/aromatic N) is 1. The van der Waals surface area contributed by atoms with Crippen LogP contribution in [-0.2, 0) is 0 Å². The van der Waals surface area contributed by atoms with Gasteiger partial charge in [-0.05, 0) is 12.1 Å². The van der Waals surface area contributed by atoms with Crippen LogP contribution in [0.4, 0.5) is 13.2 Å². The molecular formula is C12H16Cl3F3N2. The quantitative estimate of drug-likeness (QED) is 0.840. The molecular weight excluding hydrogens is 335 g/mol. The molecule has 2 nitrogen and oxygen atoms in total. The van der Waals surface area contributed by atoms with E-state index < -0.39 is 24.4 Å². The van der Waals surface area contributed by atoms with Gasteiger partial charge in [-0.3, -0.25) is 4.90 Å². The third kappa shape index (κ3) is 4.15. The summed E-state index contributed by atoms with van der Waals surface area (Å²) in [4.78, 5) is 1.73. The molecule has 0 saturated carbocycles. The standard InChI is InChI=1S/C12H14ClF3N2.2ClH/c13-8-1-2-9(15)11(12(8)16)10(7-14)18-5-3-17-4-6-18;;/h1-2,10,17H,3-7H2;2*1H/t10-;;/m0../s1. The van der Waals surface area contributed by atoms with Gasteiger partial charge >= 0.3 is 0 Å². The van der Waals surface area contributed by atoms with Crippen LogP contribution in [0.2, 0.25) is 5.02 Å². The van der Waals surface area contributed by atoms with E-state index in [1.54, 1.807) is 4.90 Å². The Hall–Kier alpha value is -0.200. The van der Waals surface area contributed by atoms with E-state index in [2.05, 4.69) is 5.32 Å². The molecule has 2 rings (SSSR count). The van der Waals surface area contributed by atoms with Gasteiger partial charge in [-0.1, -0.05) is 11.6 Å². The van der Waals surface area contributed by atoms with E-state index in [-0.39, 0.29) is 35.4 Å². The normalized spacial score (nSPS) is 17.0. The first kappa shape index (κ1) is 19.8. The highest BCUT2D eigenvalue weighted by Gasteiger charge is 2.28. The number of nitrogens with one attached hydrogen (secondary N) is 1. The van der Waals surface area contributed by atoms with Crippen molar-refractivity contribution in [3.05, 3.63) is 34.4 Å². The topological polar surface area (TPSA) is 15.3 Å². The van der Waals surface area contributed by atoms with E-state index in [9.17, 15) is 13.2 Å². The van der Waals surface area contributed by atoms with Gasteiger partial charge < -0.3 is 5.32 Å². The van der Waals surface area contributed by atoms with Crippen LogP contribution in [0, 0.1) is 11.6 Å². The third-order valence-corrected chi connectivity index (χ3v) is 3.44. The molecule has 1 aromatic rings. The summed E-state index contributed by atoms with van der Waals surface area (Å²) in [6.45, 7) is 1.63. The molecule has 0 spiro atoms. The second-order valence-corrected chi connectivity index (χ2v) is 4.62. The lowest BCUT2D eigenvalue weighted by atomic mass is 10.0. The number of halogens is 6. The Bertz CT molecular complexity index is 429. The Morgan fingerprint density at radius 3 is 2.35 bits per heavy atom. The zero-order chi connectivity index (χ0) is 13.1. The molecule has 0 aliphatic carbocycles. The Morgan fingerprint density at radius 2 is 1.80 bits per heavy atom. The zero-order valence-electron chi connectivity index (χ0n) is 10.5. The van der Waals surface area contributed by atoms with Crippen LogP contribution in [0.15, 0.2) is 12.1 Å². The predicted molar refractivity (Wildman–Crippen MR) is 79.0 cm³/mol. The highest BCUT2D eigenvalue weighted by molar-refractivity contribution is 6.30. The fourth-order valence-electron chi connectivity index (χ4n) is 2.20. The van der Waals surface area contributed by atoms with Crippen molar-refractivity contribution in [3.8, 4) is 0 Å². The predicted octanol–water partition coefficient (Wildman–Crippen LogP) is 3.38. The Balaban J connectivity index is 0.00000180. The highest BCUT2D eigenvalue weighted by atomic mass is 35.5. The largest absolute Gasteiger partial charge is 0.314 e. The average Bonchev–Trinajstić information content (AvgIpc) is 2.40. The molecule has 1 heterocycles. The van der Waals surface area contributed by atoms with Crippen molar-refractivity contribution in [2.24, 2.45) is 0 Å². The minimum absolute atomic E-state index is 0.